The Morgan fingerprint density at radius 2 is 2.24 bits per heavy atom. The quantitative estimate of drug-likeness (QED) is 0.794. The number of nitrogens with one attached hydrogen (secondary N) is 1. The van der Waals surface area contributed by atoms with E-state index in [9.17, 15) is 14.7 Å². The normalized spacial score (nSPS) is 18.5. The van der Waals surface area contributed by atoms with Crippen molar-refractivity contribution in [1.82, 2.24) is 15.1 Å². The van der Waals surface area contributed by atoms with Gasteiger partial charge in [-0.05, 0) is 31.7 Å². The predicted molar refractivity (Wildman–Crippen MR) is 59.4 cm³/mol. The van der Waals surface area contributed by atoms with E-state index in [-0.39, 0.29) is 5.92 Å². The van der Waals surface area contributed by atoms with Crippen LogP contribution in [0.5, 0.6) is 0 Å². The van der Waals surface area contributed by atoms with E-state index < -0.39 is 17.4 Å². The standard InChI is InChI=1S/C11H15N3O3/c1-11(10(16)17,7-3-4-7)13-9(15)8-5-6-12-14(8)2/h5-7H,3-4H2,1-2H3,(H,13,15)(H,16,17)/t11-/m1/s1. The van der Waals surface area contributed by atoms with Gasteiger partial charge in [0.05, 0.1) is 0 Å². The highest BCUT2D eigenvalue weighted by Crippen LogP contribution is 2.39. The van der Waals surface area contributed by atoms with Crippen molar-refractivity contribution in [3.8, 4) is 0 Å². The molecular weight excluding hydrogens is 222 g/mol. The zero-order valence-corrected chi connectivity index (χ0v) is 9.80. The first kappa shape index (κ1) is 11.6. The third kappa shape index (κ3) is 2.02. The summed E-state index contributed by atoms with van der Waals surface area (Å²) in [5.41, 5.74) is -0.820. The van der Waals surface area contributed by atoms with E-state index in [2.05, 4.69) is 10.4 Å². The minimum absolute atomic E-state index is 0.0252. The lowest BCUT2D eigenvalue weighted by Crippen LogP contribution is -2.54. The number of rotatable bonds is 4. The number of carboxylic acid groups (broad SMARTS) is 1. The molecule has 1 heterocycles. The molecule has 1 amide bonds. The summed E-state index contributed by atoms with van der Waals surface area (Å²) in [6, 6.07) is 1.56. The molecule has 1 aliphatic rings. The summed E-state index contributed by atoms with van der Waals surface area (Å²) in [6.07, 6.45) is 3.19. The van der Waals surface area contributed by atoms with Crippen LogP contribution in [0.4, 0.5) is 0 Å². The number of amides is 1. The Labute approximate surface area is 98.6 Å². The summed E-state index contributed by atoms with van der Waals surface area (Å²) >= 11 is 0. The van der Waals surface area contributed by atoms with Crippen molar-refractivity contribution in [1.29, 1.82) is 0 Å². The van der Waals surface area contributed by atoms with E-state index in [0.717, 1.165) is 12.8 Å². The van der Waals surface area contributed by atoms with Crippen LogP contribution in [0.25, 0.3) is 0 Å². The second-order valence-electron chi connectivity index (χ2n) is 4.58. The highest BCUT2D eigenvalue weighted by Gasteiger charge is 2.48. The molecule has 0 bridgehead atoms. The Balaban J connectivity index is 2.17. The maximum Gasteiger partial charge on any atom is 0.329 e. The van der Waals surface area contributed by atoms with Crippen molar-refractivity contribution in [2.24, 2.45) is 13.0 Å². The van der Waals surface area contributed by atoms with Crippen LogP contribution in [0.15, 0.2) is 12.3 Å². The number of hydrogen-bond acceptors (Lipinski definition) is 3. The van der Waals surface area contributed by atoms with Crippen molar-refractivity contribution >= 4 is 11.9 Å². The van der Waals surface area contributed by atoms with Gasteiger partial charge in [0.1, 0.15) is 11.2 Å². The number of nitrogens with zero attached hydrogens (tertiary/aromatic N) is 2. The number of hydrogen-bond donors (Lipinski definition) is 2. The summed E-state index contributed by atoms with van der Waals surface area (Å²) in [6.45, 7) is 1.56. The zero-order chi connectivity index (χ0) is 12.6. The predicted octanol–water partition coefficient (Wildman–Crippen LogP) is 0.403. The minimum atomic E-state index is -1.18. The maximum absolute atomic E-state index is 11.9. The first-order valence-corrected chi connectivity index (χ1v) is 5.49. The van der Waals surface area contributed by atoms with Gasteiger partial charge in [-0.3, -0.25) is 9.48 Å². The monoisotopic (exact) mass is 237 g/mol. The van der Waals surface area contributed by atoms with Gasteiger partial charge in [-0.25, -0.2) is 4.79 Å². The van der Waals surface area contributed by atoms with E-state index >= 15 is 0 Å². The minimum Gasteiger partial charge on any atom is -0.480 e. The van der Waals surface area contributed by atoms with Crippen LogP contribution in [-0.4, -0.2) is 32.3 Å². The van der Waals surface area contributed by atoms with Gasteiger partial charge in [0.15, 0.2) is 0 Å². The molecule has 1 aliphatic carbocycles. The van der Waals surface area contributed by atoms with Gasteiger partial charge in [-0.2, -0.15) is 5.10 Å². The molecule has 1 atom stereocenters. The molecule has 6 nitrogen and oxygen atoms in total. The van der Waals surface area contributed by atoms with Crippen LogP contribution >= 0.6 is 0 Å². The van der Waals surface area contributed by atoms with Crippen molar-refractivity contribution in [2.45, 2.75) is 25.3 Å². The molecular formula is C11H15N3O3. The molecule has 1 fully saturated rings. The molecule has 0 aliphatic heterocycles. The van der Waals surface area contributed by atoms with E-state index in [4.69, 9.17) is 0 Å². The van der Waals surface area contributed by atoms with Gasteiger partial charge in [-0.15, -0.1) is 0 Å². The summed E-state index contributed by atoms with van der Waals surface area (Å²) in [5.74, 6) is -1.37. The first-order valence-electron chi connectivity index (χ1n) is 5.49. The highest BCUT2D eigenvalue weighted by atomic mass is 16.4. The topological polar surface area (TPSA) is 84.2 Å². The van der Waals surface area contributed by atoms with Gasteiger partial charge in [0.25, 0.3) is 5.91 Å². The average molecular weight is 237 g/mol. The Bertz CT molecular complexity index is 464. The van der Waals surface area contributed by atoms with Crippen LogP contribution in [-0.2, 0) is 11.8 Å². The molecule has 1 aromatic rings. The summed E-state index contributed by atoms with van der Waals surface area (Å²) in [4.78, 5) is 23.2. The van der Waals surface area contributed by atoms with Gasteiger partial charge < -0.3 is 10.4 Å². The lowest BCUT2D eigenvalue weighted by Gasteiger charge is -2.25. The molecule has 92 valence electrons. The van der Waals surface area contributed by atoms with E-state index in [1.165, 1.54) is 10.9 Å². The lowest BCUT2D eigenvalue weighted by molar-refractivity contribution is -0.144. The summed E-state index contributed by atoms with van der Waals surface area (Å²) < 4.78 is 1.42. The number of carboxylic acids is 1. The van der Waals surface area contributed by atoms with Gasteiger partial charge in [-0.1, -0.05) is 0 Å². The number of aliphatic carboxylic acids is 1. The SMILES string of the molecule is Cn1nccc1C(=O)N[C@@](C)(C(=O)O)C1CC1. The Morgan fingerprint density at radius 3 is 2.65 bits per heavy atom. The zero-order valence-electron chi connectivity index (χ0n) is 9.80. The van der Waals surface area contributed by atoms with Crippen molar-refractivity contribution < 1.29 is 14.7 Å². The van der Waals surface area contributed by atoms with E-state index in [0.29, 0.717) is 5.69 Å². The fourth-order valence-corrected chi connectivity index (χ4v) is 1.89. The molecule has 2 N–H and O–H groups in total. The van der Waals surface area contributed by atoms with Crippen molar-refractivity contribution in [2.75, 3.05) is 0 Å². The van der Waals surface area contributed by atoms with Crippen LogP contribution in [0.3, 0.4) is 0 Å². The van der Waals surface area contributed by atoms with Gasteiger partial charge >= 0.3 is 5.97 Å². The van der Waals surface area contributed by atoms with Crippen LogP contribution in [0.1, 0.15) is 30.3 Å². The summed E-state index contributed by atoms with van der Waals surface area (Å²) in [5, 5.41) is 15.7. The van der Waals surface area contributed by atoms with Gasteiger partial charge in [0, 0.05) is 13.2 Å². The third-order valence-corrected chi connectivity index (χ3v) is 3.26. The van der Waals surface area contributed by atoms with Gasteiger partial charge in [0.2, 0.25) is 0 Å². The van der Waals surface area contributed by atoms with Crippen LogP contribution in [0.2, 0.25) is 0 Å². The van der Waals surface area contributed by atoms with Crippen LogP contribution in [0, 0.1) is 5.92 Å². The molecule has 0 aromatic carbocycles. The molecule has 2 rings (SSSR count). The Kier molecular flexibility index (Phi) is 2.65. The molecule has 1 saturated carbocycles. The summed E-state index contributed by atoms with van der Waals surface area (Å²) in [7, 11) is 1.64. The molecule has 6 heteroatoms. The highest BCUT2D eigenvalue weighted by molar-refractivity contribution is 5.96. The van der Waals surface area contributed by atoms with Crippen molar-refractivity contribution in [3.05, 3.63) is 18.0 Å². The van der Waals surface area contributed by atoms with E-state index in [1.807, 2.05) is 0 Å². The molecule has 0 radical (unpaired) electrons. The fourth-order valence-electron chi connectivity index (χ4n) is 1.89. The molecule has 0 unspecified atom stereocenters. The Hall–Kier alpha value is -1.85. The third-order valence-electron chi connectivity index (χ3n) is 3.26. The van der Waals surface area contributed by atoms with Crippen molar-refractivity contribution in [3.63, 3.8) is 0 Å². The number of aromatic nitrogens is 2. The molecule has 0 saturated heterocycles. The fraction of sp³-hybridized carbons (Fsp3) is 0.545. The average Bonchev–Trinajstić information content (AvgIpc) is 3.01. The largest absolute Gasteiger partial charge is 0.480 e. The molecule has 0 spiro atoms. The molecule has 1 aromatic heterocycles. The maximum atomic E-state index is 11.9. The smallest absolute Gasteiger partial charge is 0.329 e. The van der Waals surface area contributed by atoms with Crippen LogP contribution < -0.4 is 5.32 Å². The second-order valence-corrected chi connectivity index (χ2v) is 4.58. The lowest BCUT2D eigenvalue weighted by atomic mass is 9.96. The number of carbonyl (C=O) groups is 2. The second kappa shape index (κ2) is 3.87. The number of carbonyl (C=O) groups excluding carboxylic acids is 1. The first-order chi connectivity index (χ1) is 7.95. The Morgan fingerprint density at radius 1 is 1.59 bits per heavy atom. The van der Waals surface area contributed by atoms with E-state index in [1.54, 1.807) is 20.0 Å². The number of aryl methyl sites for hydroxylation is 1. The molecule has 17 heavy (non-hydrogen) atoms.